The Morgan fingerprint density at radius 2 is 2.35 bits per heavy atom. The lowest BCUT2D eigenvalue weighted by atomic mass is 10.3. The fourth-order valence-electron chi connectivity index (χ4n) is 1.24. The fraction of sp³-hybridized carbons (Fsp3) is 0.417. The van der Waals surface area contributed by atoms with Crippen LogP contribution in [0.25, 0.3) is 0 Å². The number of nitrogens with zero attached hydrogens (tertiary/aromatic N) is 1. The van der Waals surface area contributed by atoms with E-state index < -0.39 is 10.8 Å². The molecule has 94 valence electrons. The summed E-state index contributed by atoms with van der Waals surface area (Å²) in [7, 11) is -0.728. The minimum Gasteiger partial charge on any atom is -0.387 e. The standard InChI is InChI=1S/C12H17ClN2OS/c1-2-7-17(16)8-3-6-14-9-11-4-5-12(13)15-10-11/h3-6,10,14H,2,7-9H2,1H3/b6-3+. The van der Waals surface area contributed by atoms with Crippen molar-refractivity contribution in [2.75, 3.05) is 11.5 Å². The van der Waals surface area contributed by atoms with Crippen LogP contribution in [0.5, 0.6) is 0 Å². The Bertz CT molecular complexity index is 379. The molecule has 5 heteroatoms. The van der Waals surface area contributed by atoms with Crippen LogP contribution < -0.4 is 5.32 Å². The van der Waals surface area contributed by atoms with Crippen LogP contribution in [0, 0.1) is 0 Å². The van der Waals surface area contributed by atoms with Crippen LogP contribution in [-0.2, 0) is 17.3 Å². The van der Waals surface area contributed by atoms with Crippen molar-refractivity contribution in [1.82, 2.24) is 10.3 Å². The van der Waals surface area contributed by atoms with Gasteiger partial charge in [-0.05, 0) is 24.3 Å². The van der Waals surface area contributed by atoms with Gasteiger partial charge in [-0.15, -0.1) is 0 Å². The second-order valence-electron chi connectivity index (χ2n) is 3.58. The Kier molecular flexibility index (Phi) is 6.89. The predicted octanol–water partition coefficient (Wildman–Crippen LogP) is 2.50. The second-order valence-corrected chi connectivity index (χ2v) is 5.59. The van der Waals surface area contributed by atoms with Crippen molar-refractivity contribution in [2.24, 2.45) is 0 Å². The molecule has 0 saturated heterocycles. The van der Waals surface area contributed by atoms with E-state index in [0.717, 1.165) is 17.7 Å². The maximum absolute atomic E-state index is 11.3. The highest BCUT2D eigenvalue weighted by Crippen LogP contribution is 2.04. The van der Waals surface area contributed by atoms with E-state index in [9.17, 15) is 4.21 Å². The number of pyridine rings is 1. The van der Waals surface area contributed by atoms with Gasteiger partial charge in [-0.1, -0.05) is 30.7 Å². The van der Waals surface area contributed by atoms with E-state index in [2.05, 4.69) is 10.3 Å². The fourth-order valence-corrected chi connectivity index (χ4v) is 2.28. The third kappa shape index (κ3) is 6.44. The summed E-state index contributed by atoms with van der Waals surface area (Å²) in [5, 5.41) is 3.62. The summed E-state index contributed by atoms with van der Waals surface area (Å²) in [6, 6.07) is 3.68. The van der Waals surface area contributed by atoms with Crippen molar-refractivity contribution in [3.05, 3.63) is 41.3 Å². The second kappa shape index (κ2) is 8.25. The third-order valence-electron chi connectivity index (χ3n) is 2.04. The Morgan fingerprint density at radius 1 is 1.53 bits per heavy atom. The van der Waals surface area contributed by atoms with Crippen LogP contribution in [0.4, 0.5) is 0 Å². The number of hydrogen-bond donors (Lipinski definition) is 1. The summed E-state index contributed by atoms with van der Waals surface area (Å²) in [6.07, 6.45) is 6.43. The van der Waals surface area contributed by atoms with Crippen molar-refractivity contribution in [2.45, 2.75) is 19.9 Å². The van der Waals surface area contributed by atoms with E-state index >= 15 is 0 Å². The summed E-state index contributed by atoms with van der Waals surface area (Å²) in [5.41, 5.74) is 1.06. The van der Waals surface area contributed by atoms with Gasteiger partial charge < -0.3 is 5.32 Å². The van der Waals surface area contributed by atoms with Gasteiger partial charge in [0.05, 0.1) is 0 Å². The Balaban J connectivity index is 2.21. The molecule has 1 atom stereocenters. The summed E-state index contributed by atoms with van der Waals surface area (Å²) in [6.45, 7) is 2.73. The van der Waals surface area contributed by atoms with Crippen LogP contribution in [0.3, 0.4) is 0 Å². The molecule has 0 radical (unpaired) electrons. The first kappa shape index (κ1) is 14.2. The zero-order chi connectivity index (χ0) is 12.5. The molecule has 1 aromatic rings. The van der Waals surface area contributed by atoms with Crippen molar-refractivity contribution in [3.8, 4) is 0 Å². The zero-order valence-corrected chi connectivity index (χ0v) is 11.4. The minimum atomic E-state index is -0.728. The van der Waals surface area contributed by atoms with Crippen molar-refractivity contribution in [1.29, 1.82) is 0 Å². The highest BCUT2D eigenvalue weighted by atomic mass is 35.5. The molecule has 0 amide bonds. The van der Waals surface area contributed by atoms with Gasteiger partial charge in [0, 0.05) is 35.0 Å². The van der Waals surface area contributed by atoms with Gasteiger partial charge >= 0.3 is 0 Å². The van der Waals surface area contributed by atoms with Crippen LogP contribution >= 0.6 is 11.6 Å². The lowest BCUT2D eigenvalue weighted by Gasteiger charge is -2.00. The molecule has 0 aromatic carbocycles. The lowest BCUT2D eigenvalue weighted by molar-refractivity contribution is 0.683. The molecule has 1 rings (SSSR count). The molecule has 17 heavy (non-hydrogen) atoms. The molecule has 0 aliphatic heterocycles. The lowest BCUT2D eigenvalue weighted by Crippen LogP contribution is -2.06. The molecular formula is C12H17ClN2OS. The molecule has 0 saturated carbocycles. The Morgan fingerprint density at radius 3 is 3.00 bits per heavy atom. The molecule has 0 spiro atoms. The van der Waals surface area contributed by atoms with E-state index in [1.54, 1.807) is 12.3 Å². The zero-order valence-electron chi connectivity index (χ0n) is 9.86. The SMILES string of the molecule is CCCS(=O)C/C=C/NCc1ccc(Cl)nc1. The van der Waals surface area contributed by atoms with Crippen molar-refractivity contribution >= 4 is 22.4 Å². The molecular weight excluding hydrogens is 256 g/mol. The smallest absolute Gasteiger partial charge is 0.129 e. The normalized spacial score (nSPS) is 12.8. The van der Waals surface area contributed by atoms with Gasteiger partial charge in [0.2, 0.25) is 0 Å². The number of hydrogen-bond acceptors (Lipinski definition) is 3. The first-order chi connectivity index (χ1) is 8.22. The van der Waals surface area contributed by atoms with E-state index in [4.69, 9.17) is 11.6 Å². The topological polar surface area (TPSA) is 42.0 Å². The minimum absolute atomic E-state index is 0.499. The Labute approximate surface area is 110 Å². The molecule has 1 N–H and O–H groups in total. The molecule has 3 nitrogen and oxygen atoms in total. The van der Waals surface area contributed by atoms with Gasteiger partial charge in [-0.3, -0.25) is 4.21 Å². The van der Waals surface area contributed by atoms with Crippen LogP contribution in [0.2, 0.25) is 5.15 Å². The first-order valence-corrected chi connectivity index (χ1v) is 7.42. The monoisotopic (exact) mass is 272 g/mol. The molecule has 1 unspecified atom stereocenters. The van der Waals surface area contributed by atoms with Gasteiger partial charge in [0.25, 0.3) is 0 Å². The van der Waals surface area contributed by atoms with Crippen molar-refractivity contribution in [3.63, 3.8) is 0 Å². The molecule has 0 aliphatic carbocycles. The van der Waals surface area contributed by atoms with Crippen molar-refractivity contribution < 1.29 is 4.21 Å². The number of aromatic nitrogens is 1. The summed E-state index contributed by atoms with van der Waals surface area (Å²) in [5.74, 6) is 1.38. The first-order valence-electron chi connectivity index (χ1n) is 5.56. The highest BCUT2D eigenvalue weighted by molar-refractivity contribution is 7.85. The van der Waals surface area contributed by atoms with Crippen LogP contribution in [0.15, 0.2) is 30.6 Å². The van der Waals surface area contributed by atoms with E-state index in [0.29, 0.717) is 17.5 Å². The number of nitrogens with one attached hydrogen (secondary N) is 1. The maximum atomic E-state index is 11.3. The molecule has 0 bridgehead atoms. The number of rotatable bonds is 7. The third-order valence-corrected chi connectivity index (χ3v) is 3.70. The average molecular weight is 273 g/mol. The highest BCUT2D eigenvalue weighted by Gasteiger charge is 1.93. The van der Waals surface area contributed by atoms with E-state index in [1.165, 1.54) is 0 Å². The molecule has 0 fully saturated rings. The summed E-state index contributed by atoms with van der Waals surface area (Å²) < 4.78 is 11.3. The van der Waals surface area contributed by atoms with E-state index in [-0.39, 0.29) is 0 Å². The number of halogens is 1. The van der Waals surface area contributed by atoms with Crippen LogP contribution in [-0.4, -0.2) is 20.7 Å². The van der Waals surface area contributed by atoms with Gasteiger partial charge in [0.15, 0.2) is 0 Å². The molecule has 0 aliphatic rings. The van der Waals surface area contributed by atoms with Gasteiger partial charge in [-0.25, -0.2) is 4.98 Å². The summed E-state index contributed by atoms with van der Waals surface area (Å²) >= 11 is 5.68. The quantitative estimate of drug-likeness (QED) is 0.776. The molecule has 1 heterocycles. The van der Waals surface area contributed by atoms with E-state index in [1.807, 2.05) is 25.3 Å². The maximum Gasteiger partial charge on any atom is 0.129 e. The van der Waals surface area contributed by atoms with Gasteiger partial charge in [-0.2, -0.15) is 0 Å². The average Bonchev–Trinajstić information content (AvgIpc) is 2.31. The summed E-state index contributed by atoms with van der Waals surface area (Å²) in [4.78, 5) is 3.98. The van der Waals surface area contributed by atoms with Gasteiger partial charge in [0.1, 0.15) is 5.15 Å². The molecule has 1 aromatic heterocycles. The van der Waals surface area contributed by atoms with Crippen LogP contribution in [0.1, 0.15) is 18.9 Å². The Hall–Kier alpha value is -0.870. The predicted molar refractivity (Wildman–Crippen MR) is 73.4 cm³/mol. The largest absolute Gasteiger partial charge is 0.387 e.